The van der Waals surface area contributed by atoms with Gasteiger partial charge in [-0.2, -0.15) is 0 Å². The van der Waals surface area contributed by atoms with Crippen LogP contribution in [0.2, 0.25) is 0 Å². The Morgan fingerprint density at radius 2 is 1.94 bits per heavy atom. The molecule has 0 heterocycles. The summed E-state index contributed by atoms with van der Waals surface area (Å²) < 4.78 is 0. The third-order valence-electron chi connectivity index (χ3n) is 3.01. The van der Waals surface area contributed by atoms with E-state index in [0.717, 1.165) is 0 Å². The van der Waals surface area contributed by atoms with Gasteiger partial charge in [-0.3, -0.25) is 0 Å². The van der Waals surface area contributed by atoms with Crippen LogP contribution in [0.3, 0.4) is 0 Å². The normalized spacial score (nSPS) is 12.8. The molecule has 0 saturated carbocycles. The van der Waals surface area contributed by atoms with Gasteiger partial charge in [0.05, 0.1) is 6.10 Å². The van der Waals surface area contributed by atoms with Crippen molar-refractivity contribution in [3.05, 3.63) is 29.3 Å². The first-order valence-electron chi connectivity index (χ1n) is 6.60. The van der Waals surface area contributed by atoms with Crippen molar-refractivity contribution in [1.29, 1.82) is 0 Å². The predicted octanol–water partition coefficient (Wildman–Crippen LogP) is 2.10. The molecule has 0 aliphatic rings. The Labute approximate surface area is 111 Å². The molecule has 0 aliphatic heterocycles. The minimum absolute atomic E-state index is 0.349. The standard InChI is InChI=1S/C15H26N2O/c1-11(2)16-9-14(18)10-17(5)15-7-6-12(3)8-13(15)4/h6-8,11,14,16,18H,9-10H2,1-5H3. The zero-order valence-corrected chi connectivity index (χ0v) is 12.2. The van der Waals surface area contributed by atoms with Crippen LogP contribution in [0.5, 0.6) is 0 Å². The molecule has 1 aromatic rings. The molecule has 18 heavy (non-hydrogen) atoms. The van der Waals surface area contributed by atoms with Gasteiger partial charge in [-0.15, -0.1) is 0 Å². The molecule has 0 fully saturated rings. The summed E-state index contributed by atoms with van der Waals surface area (Å²) in [5, 5.41) is 13.2. The average molecular weight is 250 g/mol. The van der Waals surface area contributed by atoms with Gasteiger partial charge >= 0.3 is 0 Å². The van der Waals surface area contributed by atoms with Crippen LogP contribution in [0.4, 0.5) is 5.69 Å². The molecule has 0 aliphatic carbocycles. The molecule has 1 atom stereocenters. The number of nitrogens with one attached hydrogen (secondary N) is 1. The van der Waals surface area contributed by atoms with Gasteiger partial charge in [0.2, 0.25) is 0 Å². The van der Waals surface area contributed by atoms with Crippen LogP contribution in [-0.2, 0) is 0 Å². The zero-order valence-electron chi connectivity index (χ0n) is 12.2. The molecule has 0 amide bonds. The molecule has 2 N–H and O–H groups in total. The summed E-state index contributed by atoms with van der Waals surface area (Å²) in [6, 6.07) is 6.81. The first kappa shape index (κ1) is 15.0. The van der Waals surface area contributed by atoms with Gasteiger partial charge in [0.1, 0.15) is 0 Å². The van der Waals surface area contributed by atoms with Crippen LogP contribution in [0.25, 0.3) is 0 Å². The van der Waals surface area contributed by atoms with Crippen molar-refractivity contribution in [3.8, 4) is 0 Å². The topological polar surface area (TPSA) is 35.5 Å². The summed E-state index contributed by atoms with van der Waals surface area (Å²) in [4.78, 5) is 2.11. The molecule has 0 saturated heterocycles. The molecule has 0 bridgehead atoms. The predicted molar refractivity (Wildman–Crippen MR) is 78.3 cm³/mol. The van der Waals surface area contributed by atoms with E-state index < -0.39 is 0 Å². The minimum Gasteiger partial charge on any atom is -0.390 e. The van der Waals surface area contributed by atoms with E-state index in [9.17, 15) is 5.11 Å². The Kier molecular flexibility index (Phi) is 5.63. The maximum atomic E-state index is 9.97. The largest absolute Gasteiger partial charge is 0.390 e. The monoisotopic (exact) mass is 250 g/mol. The molecule has 1 unspecified atom stereocenters. The number of aliphatic hydroxyl groups is 1. The third-order valence-corrected chi connectivity index (χ3v) is 3.01. The summed E-state index contributed by atoms with van der Waals surface area (Å²) in [5.74, 6) is 0. The van der Waals surface area contributed by atoms with Crippen LogP contribution < -0.4 is 10.2 Å². The lowest BCUT2D eigenvalue weighted by Gasteiger charge is -2.25. The first-order chi connectivity index (χ1) is 8.40. The molecule has 0 aromatic heterocycles. The molecular formula is C15H26N2O. The van der Waals surface area contributed by atoms with Crippen molar-refractivity contribution in [2.75, 3.05) is 25.0 Å². The average Bonchev–Trinajstić information content (AvgIpc) is 2.26. The molecule has 102 valence electrons. The van der Waals surface area contributed by atoms with Crippen molar-refractivity contribution in [3.63, 3.8) is 0 Å². The SMILES string of the molecule is Cc1ccc(N(C)CC(O)CNC(C)C)c(C)c1. The van der Waals surface area contributed by atoms with E-state index in [1.165, 1.54) is 16.8 Å². The van der Waals surface area contributed by atoms with Gasteiger partial charge in [-0.05, 0) is 25.5 Å². The smallest absolute Gasteiger partial charge is 0.0839 e. The number of hydrogen-bond donors (Lipinski definition) is 2. The highest BCUT2D eigenvalue weighted by Crippen LogP contribution is 2.19. The highest BCUT2D eigenvalue weighted by molar-refractivity contribution is 5.53. The van der Waals surface area contributed by atoms with Crippen LogP contribution >= 0.6 is 0 Å². The molecule has 3 heteroatoms. The van der Waals surface area contributed by atoms with Crippen LogP contribution in [0, 0.1) is 13.8 Å². The molecule has 0 radical (unpaired) electrons. The summed E-state index contributed by atoms with van der Waals surface area (Å²) in [5.41, 5.74) is 3.71. The van der Waals surface area contributed by atoms with E-state index in [2.05, 4.69) is 56.1 Å². The maximum absolute atomic E-state index is 9.97. The second-order valence-electron chi connectivity index (χ2n) is 5.39. The molecule has 1 aromatic carbocycles. The lowest BCUT2D eigenvalue weighted by molar-refractivity contribution is 0.175. The van der Waals surface area contributed by atoms with Gasteiger partial charge in [0, 0.05) is 31.9 Å². The third kappa shape index (κ3) is 4.67. The van der Waals surface area contributed by atoms with Gasteiger partial charge in [-0.1, -0.05) is 31.5 Å². The summed E-state index contributed by atoms with van der Waals surface area (Å²) >= 11 is 0. The lowest BCUT2D eigenvalue weighted by atomic mass is 10.1. The highest BCUT2D eigenvalue weighted by atomic mass is 16.3. The van der Waals surface area contributed by atoms with E-state index in [1.807, 2.05) is 7.05 Å². The fraction of sp³-hybridized carbons (Fsp3) is 0.600. The van der Waals surface area contributed by atoms with Crippen molar-refractivity contribution < 1.29 is 5.11 Å². The summed E-state index contributed by atoms with van der Waals surface area (Å²) in [7, 11) is 2.02. The minimum atomic E-state index is -0.349. The van der Waals surface area contributed by atoms with Crippen LogP contribution in [0.15, 0.2) is 18.2 Å². The zero-order chi connectivity index (χ0) is 13.7. The van der Waals surface area contributed by atoms with Crippen molar-refractivity contribution in [1.82, 2.24) is 5.32 Å². The fourth-order valence-electron chi connectivity index (χ4n) is 2.08. The molecule has 3 nitrogen and oxygen atoms in total. The number of hydrogen-bond acceptors (Lipinski definition) is 3. The first-order valence-corrected chi connectivity index (χ1v) is 6.60. The van der Waals surface area contributed by atoms with Crippen molar-refractivity contribution in [2.24, 2.45) is 0 Å². The quantitative estimate of drug-likeness (QED) is 0.811. The van der Waals surface area contributed by atoms with Gasteiger partial charge in [0.25, 0.3) is 0 Å². The van der Waals surface area contributed by atoms with Crippen LogP contribution in [0.1, 0.15) is 25.0 Å². The lowest BCUT2D eigenvalue weighted by Crippen LogP contribution is -2.39. The molecule has 1 rings (SSSR count). The number of anilines is 1. The number of aliphatic hydroxyl groups excluding tert-OH is 1. The van der Waals surface area contributed by atoms with E-state index >= 15 is 0 Å². The Balaban J connectivity index is 2.56. The van der Waals surface area contributed by atoms with Gasteiger partial charge in [-0.25, -0.2) is 0 Å². The van der Waals surface area contributed by atoms with Crippen molar-refractivity contribution >= 4 is 5.69 Å². The van der Waals surface area contributed by atoms with Gasteiger partial charge in [0.15, 0.2) is 0 Å². The number of benzene rings is 1. The van der Waals surface area contributed by atoms with E-state index in [-0.39, 0.29) is 6.10 Å². The molecule has 0 spiro atoms. The fourth-order valence-corrected chi connectivity index (χ4v) is 2.08. The number of aryl methyl sites for hydroxylation is 2. The number of nitrogens with zero attached hydrogens (tertiary/aromatic N) is 1. The second kappa shape index (κ2) is 6.76. The Bertz CT molecular complexity index is 377. The maximum Gasteiger partial charge on any atom is 0.0839 e. The van der Waals surface area contributed by atoms with E-state index in [4.69, 9.17) is 0 Å². The van der Waals surface area contributed by atoms with Gasteiger partial charge < -0.3 is 15.3 Å². The Morgan fingerprint density at radius 3 is 2.50 bits per heavy atom. The number of likely N-dealkylation sites (N-methyl/N-ethyl adjacent to an activating group) is 1. The van der Waals surface area contributed by atoms with Crippen LogP contribution in [-0.4, -0.2) is 37.4 Å². The van der Waals surface area contributed by atoms with E-state index in [0.29, 0.717) is 19.1 Å². The number of rotatable bonds is 6. The van der Waals surface area contributed by atoms with Crippen molar-refractivity contribution in [2.45, 2.75) is 39.8 Å². The highest BCUT2D eigenvalue weighted by Gasteiger charge is 2.10. The molecular weight excluding hydrogens is 224 g/mol. The Hall–Kier alpha value is -1.06. The van der Waals surface area contributed by atoms with E-state index in [1.54, 1.807) is 0 Å². The summed E-state index contributed by atoms with van der Waals surface area (Å²) in [6.45, 7) is 9.65. The Morgan fingerprint density at radius 1 is 1.28 bits per heavy atom. The second-order valence-corrected chi connectivity index (χ2v) is 5.39. The summed E-state index contributed by atoms with van der Waals surface area (Å²) in [6.07, 6.45) is -0.349.